The van der Waals surface area contributed by atoms with Crippen LogP contribution >= 0.6 is 0 Å². The van der Waals surface area contributed by atoms with Gasteiger partial charge in [0, 0.05) is 22.4 Å². The molecule has 0 amide bonds. The van der Waals surface area contributed by atoms with E-state index in [2.05, 4.69) is 5.10 Å². The molecule has 2 heterocycles. The van der Waals surface area contributed by atoms with E-state index in [4.69, 9.17) is 10.6 Å². The van der Waals surface area contributed by atoms with E-state index in [0.29, 0.717) is 5.56 Å². The van der Waals surface area contributed by atoms with E-state index < -0.39 is 11.6 Å². The number of hydrogen-bond donors (Lipinski definition) is 1. The maximum absolute atomic E-state index is 14.1. The molecule has 0 aliphatic carbocycles. The fourth-order valence-corrected chi connectivity index (χ4v) is 3.11. The van der Waals surface area contributed by atoms with Crippen molar-refractivity contribution in [2.24, 2.45) is 0 Å². The lowest BCUT2D eigenvalue weighted by Gasteiger charge is -2.07. The summed E-state index contributed by atoms with van der Waals surface area (Å²) in [5.74, 6) is -1.95. The van der Waals surface area contributed by atoms with Gasteiger partial charge in [0.25, 0.3) is 0 Å². The summed E-state index contributed by atoms with van der Waals surface area (Å²) in [5, 5.41) is 4.01. The normalized spacial score (nSPS) is 10.8. The minimum Gasteiger partial charge on any atom is -0.383 e. The summed E-state index contributed by atoms with van der Waals surface area (Å²) in [6, 6.07) is 13.8. The summed E-state index contributed by atoms with van der Waals surface area (Å²) in [7, 11) is 1.55. The van der Waals surface area contributed by atoms with Crippen LogP contribution in [0.2, 0.25) is 0 Å². The van der Waals surface area contributed by atoms with Crippen molar-refractivity contribution in [1.82, 2.24) is 9.78 Å². The van der Waals surface area contributed by atoms with Crippen LogP contribution in [-0.2, 0) is 0 Å². The molecule has 0 aliphatic rings. The van der Waals surface area contributed by atoms with Gasteiger partial charge in [-0.05, 0) is 29.8 Å². The van der Waals surface area contributed by atoms with E-state index in [1.165, 1.54) is 12.3 Å². The number of rotatable bonds is 5. The Bertz CT molecular complexity index is 1250. The number of carbonyl (C=O) groups is 1. The Morgan fingerprint density at radius 3 is 2.67 bits per heavy atom. The number of anilines is 1. The van der Waals surface area contributed by atoms with Gasteiger partial charge in [-0.3, -0.25) is 9.63 Å². The van der Waals surface area contributed by atoms with Crippen LogP contribution in [0.15, 0.2) is 73.2 Å². The van der Waals surface area contributed by atoms with Crippen molar-refractivity contribution in [2.45, 2.75) is 0 Å². The monoisotopic (exact) mass is 407 g/mol. The molecule has 4 rings (SSSR count). The zero-order valence-electron chi connectivity index (χ0n) is 15.9. The van der Waals surface area contributed by atoms with E-state index in [-0.39, 0.29) is 22.9 Å². The fraction of sp³-hybridized carbons (Fsp3) is 0.0455. The molecule has 0 aliphatic heterocycles. The first-order valence-corrected chi connectivity index (χ1v) is 8.98. The summed E-state index contributed by atoms with van der Waals surface area (Å²) < 4.78 is 29.9. The lowest BCUT2D eigenvalue weighted by atomic mass is 10.00. The molecule has 0 unspecified atom stereocenters. The van der Waals surface area contributed by atoms with Gasteiger partial charge in [-0.15, -0.1) is 0 Å². The third kappa shape index (κ3) is 3.50. The molecule has 0 spiro atoms. The lowest BCUT2D eigenvalue weighted by Crippen LogP contribution is -2.39. The Morgan fingerprint density at radius 2 is 1.90 bits per heavy atom. The quantitative estimate of drug-likeness (QED) is 0.408. The molecule has 2 aromatic carbocycles. The minimum atomic E-state index is -0.832. The molecule has 0 atom stereocenters. The predicted molar refractivity (Wildman–Crippen MR) is 106 cm³/mol. The number of aromatic nitrogens is 3. The Hall–Kier alpha value is -4.07. The molecule has 6 nitrogen and oxygen atoms in total. The van der Waals surface area contributed by atoms with Crippen LogP contribution in [0.3, 0.4) is 0 Å². The van der Waals surface area contributed by atoms with Crippen LogP contribution in [0, 0.1) is 11.6 Å². The zero-order chi connectivity index (χ0) is 21.3. The molecule has 0 radical (unpaired) electrons. The van der Waals surface area contributed by atoms with Crippen LogP contribution in [0.25, 0.3) is 16.8 Å². The van der Waals surface area contributed by atoms with Gasteiger partial charge in [0.05, 0.1) is 17.3 Å². The summed E-state index contributed by atoms with van der Waals surface area (Å²) in [4.78, 5) is 18.2. The molecule has 8 heteroatoms. The number of nitrogens with two attached hydrogens (primary N) is 1. The van der Waals surface area contributed by atoms with Crippen LogP contribution in [-0.4, -0.2) is 22.7 Å². The van der Waals surface area contributed by atoms with E-state index in [0.717, 1.165) is 27.9 Å². The third-order valence-corrected chi connectivity index (χ3v) is 4.63. The van der Waals surface area contributed by atoms with Crippen LogP contribution in [0.1, 0.15) is 15.9 Å². The second kappa shape index (κ2) is 7.75. The molecule has 30 heavy (non-hydrogen) atoms. The largest absolute Gasteiger partial charge is 0.383 e. The van der Waals surface area contributed by atoms with Gasteiger partial charge < -0.3 is 5.73 Å². The highest BCUT2D eigenvalue weighted by atomic mass is 19.1. The highest BCUT2D eigenvalue weighted by molar-refractivity contribution is 6.12. The van der Waals surface area contributed by atoms with Crippen molar-refractivity contribution < 1.29 is 23.1 Å². The number of ketones is 1. The first-order valence-electron chi connectivity index (χ1n) is 8.98. The van der Waals surface area contributed by atoms with Gasteiger partial charge in [-0.2, -0.15) is 5.10 Å². The van der Waals surface area contributed by atoms with E-state index in [1.807, 2.05) is 18.2 Å². The Morgan fingerprint density at radius 1 is 1.10 bits per heavy atom. The summed E-state index contributed by atoms with van der Waals surface area (Å²) in [5.41, 5.74) is 8.20. The van der Waals surface area contributed by atoms with Gasteiger partial charge in [-0.25, -0.2) is 13.5 Å². The zero-order valence-corrected chi connectivity index (χ0v) is 15.9. The van der Waals surface area contributed by atoms with Crippen molar-refractivity contribution in [3.05, 3.63) is 95.9 Å². The van der Waals surface area contributed by atoms with Crippen molar-refractivity contribution in [2.75, 3.05) is 12.8 Å². The number of nitrogen functional groups attached to an aromatic ring is 1. The molecule has 150 valence electrons. The minimum absolute atomic E-state index is 0.0344. The number of pyridine rings is 1. The Balaban J connectivity index is 1.70. The summed E-state index contributed by atoms with van der Waals surface area (Å²) in [6.07, 6.45) is 4.81. The average Bonchev–Trinajstić information content (AvgIpc) is 3.14. The molecule has 4 aromatic rings. The standard InChI is InChI=1S/C22H16F2N4O2/c1-30-27-9-3-6-16(13-27)14-4-2-5-15(10-14)21(29)18-12-26-28(22(18)25)20-8-7-17(23)11-19(20)24/h2-13H,1H3,(H-,25,26,29)/p+1. The van der Waals surface area contributed by atoms with E-state index in [9.17, 15) is 13.6 Å². The van der Waals surface area contributed by atoms with Crippen molar-refractivity contribution in [3.8, 4) is 16.8 Å². The molecule has 0 fully saturated rings. The van der Waals surface area contributed by atoms with Crippen molar-refractivity contribution in [3.63, 3.8) is 0 Å². The van der Waals surface area contributed by atoms with Crippen molar-refractivity contribution in [1.29, 1.82) is 0 Å². The highest BCUT2D eigenvalue weighted by Gasteiger charge is 2.20. The SMILES string of the molecule is CO[n+]1cccc(-c2cccc(C(=O)c3cnn(-c4ccc(F)cc4F)c3N)c2)c1. The van der Waals surface area contributed by atoms with Gasteiger partial charge in [0.2, 0.25) is 12.4 Å². The maximum atomic E-state index is 14.1. The van der Waals surface area contributed by atoms with Crippen molar-refractivity contribution >= 4 is 11.6 Å². The van der Waals surface area contributed by atoms with Gasteiger partial charge in [0.1, 0.15) is 24.4 Å². The van der Waals surface area contributed by atoms with E-state index in [1.54, 1.807) is 42.4 Å². The Labute approximate surface area is 170 Å². The first-order chi connectivity index (χ1) is 14.5. The second-order valence-electron chi connectivity index (χ2n) is 6.50. The first kappa shape index (κ1) is 19.3. The van der Waals surface area contributed by atoms with Crippen LogP contribution < -0.4 is 15.3 Å². The number of carbonyl (C=O) groups excluding carboxylic acids is 1. The predicted octanol–water partition coefficient (Wildman–Crippen LogP) is 2.98. The van der Waals surface area contributed by atoms with Gasteiger partial charge in [-0.1, -0.05) is 18.2 Å². The number of halogens is 2. The smallest absolute Gasteiger partial charge is 0.230 e. The molecule has 2 N–H and O–H groups in total. The molecule has 2 aromatic heterocycles. The molecule has 0 bridgehead atoms. The lowest BCUT2D eigenvalue weighted by molar-refractivity contribution is -0.885. The fourth-order valence-electron chi connectivity index (χ4n) is 3.11. The topological polar surface area (TPSA) is 74.0 Å². The molecular formula is C22H17F2N4O2+. The molecular weight excluding hydrogens is 390 g/mol. The number of benzene rings is 2. The average molecular weight is 407 g/mol. The molecule has 0 saturated heterocycles. The van der Waals surface area contributed by atoms with Gasteiger partial charge >= 0.3 is 0 Å². The second-order valence-corrected chi connectivity index (χ2v) is 6.50. The maximum Gasteiger partial charge on any atom is 0.230 e. The summed E-state index contributed by atoms with van der Waals surface area (Å²) in [6.45, 7) is 0. The third-order valence-electron chi connectivity index (χ3n) is 4.63. The van der Waals surface area contributed by atoms with Crippen LogP contribution in [0.5, 0.6) is 0 Å². The summed E-state index contributed by atoms with van der Waals surface area (Å²) >= 11 is 0. The number of nitrogens with zero attached hydrogens (tertiary/aromatic N) is 3. The van der Waals surface area contributed by atoms with Gasteiger partial charge in [0.15, 0.2) is 11.6 Å². The number of hydrogen-bond acceptors (Lipinski definition) is 4. The molecule has 0 saturated carbocycles. The Kier molecular flexibility index (Phi) is 4.97. The van der Waals surface area contributed by atoms with E-state index >= 15 is 0 Å². The van der Waals surface area contributed by atoms with Crippen LogP contribution in [0.4, 0.5) is 14.6 Å². The highest BCUT2D eigenvalue weighted by Crippen LogP contribution is 2.25.